The van der Waals surface area contributed by atoms with Crippen molar-refractivity contribution in [2.24, 2.45) is 16.8 Å². The third-order valence-corrected chi connectivity index (χ3v) is 9.59. The van der Waals surface area contributed by atoms with Gasteiger partial charge in [0.25, 0.3) is 0 Å². The van der Waals surface area contributed by atoms with E-state index in [9.17, 15) is 22.8 Å². The Morgan fingerprint density at radius 3 is 2.63 bits per heavy atom. The van der Waals surface area contributed by atoms with Crippen molar-refractivity contribution in [2.75, 3.05) is 42.6 Å². The summed E-state index contributed by atoms with van der Waals surface area (Å²) in [5.41, 5.74) is 3.24. The number of piperazine rings is 1. The second-order valence-electron chi connectivity index (χ2n) is 12.5. The third kappa shape index (κ3) is 6.73. The van der Waals surface area contributed by atoms with E-state index in [2.05, 4.69) is 30.1 Å². The van der Waals surface area contributed by atoms with Gasteiger partial charge in [0.2, 0.25) is 5.91 Å². The highest BCUT2D eigenvalue weighted by Gasteiger charge is 2.40. The molecule has 0 radical (unpaired) electrons. The van der Waals surface area contributed by atoms with E-state index in [4.69, 9.17) is 9.73 Å². The molecule has 1 aromatic carbocycles. The molecule has 3 aliphatic heterocycles. The van der Waals surface area contributed by atoms with Crippen molar-refractivity contribution in [2.45, 2.75) is 53.1 Å². The number of cyclic esters (lactones) is 1. The molecule has 2 aromatic rings. The zero-order chi connectivity index (χ0) is 34.9. The quantitative estimate of drug-likeness (QED) is 0.400. The predicted octanol–water partition coefficient (Wildman–Crippen LogP) is 5.65. The van der Waals surface area contributed by atoms with Gasteiger partial charge in [-0.1, -0.05) is 56.7 Å². The second-order valence-corrected chi connectivity index (χ2v) is 12.5. The van der Waals surface area contributed by atoms with Crippen molar-refractivity contribution >= 4 is 41.7 Å². The first-order valence-corrected chi connectivity index (χ1v) is 16.8. The fourth-order valence-corrected chi connectivity index (χ4v) is 6.88. The fourth-order valence-electron chi connectivity index (χ4n) is 6.88. The van der Waals surface area contributed by atoms with Crippen LogP contribution in [0.5, 0.6) is 0 Å². The van der Waals surface area contributed by atoms with Crippen molar-refractivity contribution in [3.05, 3.63) is 86.9 Å². The summed E-state index contributed by atoms with van der Waals surface area (Å²) in [4.78, 5) is 34.8. The van der Waals surface area contributed by atoms with Crippen LogP contribution in [0.4, 0.5) is 29.3 Å². The number of aryl methyl sites for hydroxylation is 1. The van der Waals surface area contributed by atoms with Gasteiger partial charge >= 0.3 is 12.3 Å². The van der Waals surface area contributed by atoms with Gasteiger partial charge in [-0.05, 0) is 50.0 Å². The average molecular weight is 675 g/mol. The largest absolute Gasteiger partial charge is 0.444 e. The third-order valence-electron chi connectivity index (χ3n) is 9.59. The van der Waals surface area contributed by atoms with Crippen LogP contribution in [0.15, 0.2) is 70.0 Å². The zero-order valence-electron chi connectivity index (χ0n) is 28.2. The van der Waals surface area contributed by atoms with Crippen LogP contribution in [0.2, 0.25) is 0 Å². The smallest absolute Gasteiger partial charge is 0.419 e. The number of nitrogens with zero attached hydrogens (tertiary/aromatic N) is 5. The molecule has 1 aromatic heterocycles. The maximum atomic E-state index is 14.6. The zero-order valence-corrected chi connectivity index (χ0v) is 28.2. The SMILES string of the molecule is C/C=c1/[nH]nc(CC)/c1=C/C(C)/C1=C/C=C2/N=CC3=C(C2C=CC1)N(c1ccc(N2CCN(C(=O)CC)CC2)c(C(F)(F)F)c1)C(=O)OC3. The van der Waals surface area contributed by atoms with Crippen LogP contribution >= 0.6 is 0 Å². The molecule has 2 atom stereocenters. The number of hydrogen-bond acceptors (Lipinski definition) is 6. The lowest BCUT2D eigenvalue weighted by atomic mass is 9.88. The van der Waals surface area contributed by atoms with E-state index in [1.807, 2.05) is 37.3 Å². The van der Waals surface area contributed by atoms with E-state index in [1.54, 1.807) is 22.9 Å². The summed E-state index contributed by atoms with van der Waals surface area (Å²) in [5, 5.41) is 9.63. The lowest BCUT2D eigenvalue weighted by Gasteiger charge is -2.38. The molecule has 2 amide bonds. The highest BCUT2D eigenvalue weighted by atomic mass is 19.4. The van der Waals surface area contributed by atoms with Gasteiger partial charge in [0.15, 0.2) is 0 Å². The van der Waals surface area contributed by atoms with Crippen LogP contribution in [-0.2, 0) is 22.1 Å². The maximum absolute atomic E-state index is 14.6. The molecule has 0 saturated carbocycles. The Morgan fingerprint density at radius 2 is 1.94 bits per heavy atom. The number of nitrogens with one attached hydrogen (secondary N) is 1. The number of aromatic nitrogens is 2. The molecule has 1 aliphatic carbocycles. The fraction of sp³-hybridized carbons (Fsp3) is 0.405. The van der Waals surface area contributed by atoms with Crippen LogP contribution < -0.4 is 20.4 Å². The Hall–Kier alpha value is -4.87. The summed E-state index contributed by atoms with van der Waals surface area (Å²) in [6.45, 7) is 9.18. The summed E-state index contributed by atoms with van der Waals surface area (Å²) >= 11 is 0. The number of hydrogen-bond donors (Lipinski definition) is 1. The first-order valence-electron chi connectivity index (χ1n) is 16.8. The minimum atomic E-state index is -4.68. The summed E-state index contributed by atoms with van der Waals surface area (Å²) in [5.74, 6) is -0.391. The molecule has 1 fully saturated rings. The maximum Gasteiger partial charge on any atom is 0.419 e. The Morgan fingerprint density at radius 1 is 1.16 bits per heavy atom. The number of dihydropyridines is 1. The molecule has 2 unspecified atom stereocenters. The number of halogens is 3. The number of allylic oxidation sites excluding steroid dienone is 4. The molecule has 4 heterocycles. The van der Waals surface area contributed by atoms with Crippen LogP contribution in [0.1, 0.15) is 51.8 Å². The highest BCUT2D eigenvalue weighted by Crippen LogP contribution is 2.43. The monoisotopic (exact) mass is 674 g/mol. The number of aromatic amines is 1. The standard InChI is InChI=1S/C37H41F3N6O3/c1-5-30-28(31(6-2)43-42-30)19-23(4)24-9-8-10-27-32(13-11-24)41-21-25-22-49-36(48)46(35(25)27)26-12-14-33(29(20-26)37(38,39)40)44-15-17-45(18-16-44)34(47)7-3/h5,8,10-14,19-21,23,27,42H,6-7,9,15-18,22H2,1-4H3/b10-8?,24-11+,28-19+,30-5+,32-13+. The van der Waals surface area contributed by atoms with Crippen molar-refractivity contribution in [1.29, 1.82) is 0 Å². The van der Waals surface area contributed by atoms with Crippen LogP contribution in [0.25, 0.3) is 12.2 Å². The van der Waals surface area contributed by atoms with Crippen molar-refractivity contribution in [1.82, 2.24) is 15.1 Å². The van der Waals surface area contributed by atoms with Gasteiger partial charge in [-0.2, -0.15) is 18.3 Å². The number of rotatable bonds is 6. The van der Waals surface area contributed by atoms with E-state index in [0.29, 0.717) is 42.9 Å². The molecule has 1 N–H and O–H groups in total. The van der Waals surface area contributed by atoms with Crippen LogP contribution in [0, 0.1) is 11.8 Å². The highest BCUT2D eigenvalue weighted by molar-refractivity contribution is 5.98. The van der Waals surface area contributed by atoms with E-state index in [0.717, 1.165) is 34.3 Å². The number of fused-ring (bicyclic) bond motifs is 2. The number of amides is 2. The molecule has 0 spiro atoms. The number of ether oxygens (including phenoxy) is 1. The Balaban J connectivity index is 1.33. The van der Waals surface area contributed by atoms with E-state index < -0.39 is 23.8 Å². The molecule has 12 heteroatoms. The summed E-state index contributed by atoms with van der Waals surface area (Å²) in [6.07, 6.45) is 10.2. The summed E-state index contributed by atoms with van der Waals surface area (Å²) in [7, 11) is 0. The van der Waals surface area contributed by atoms with Gasteiger partial charge in [0.1, 0.15) is 6.61 Å². The van der Waals surface area contributed by atoms with Gasteiger partial charge in [0, 0.05) is 55.3 Å². The Labute approximate surface area is 283 Å². The van der Waals surface area contributed by atoms with Gasteiger partial charge in [-0.25, -0.2) is 9.69 Å². The summed E-state index contributed by atoms with van der Waals surface area (Å²) in [6, 6.07) is 3.97. The van der Waals surface area contributed by atoms with Crippen molar-refractivity contribution in [3.63, 3.8) is 0 Å². The molecule has 0 bridgehead atoms. The topological polar surface area (TPSA) is 94.1 Å². The molecular formula is C37H41F3N6O3. The molecule has 4 aliphatic rings. The Kier molecular flexibility index (Phi) is 9.67. The van der Waals surface area contributed by atoms with Gasteiger partial charge in [-0.3, -0.25) is 14.9 Å². The van der Waals surface area contributed by atoms with Crippen molar-refractivity contribution < 1.29 is 27.5 Å². The van der Waals surface area contributed by atoms with E-state index in [-0.39, 0.29) is 42.9 Å². The number of alkyl halides is 3. The van der Waals surface area contributed by atoms with Crippen molar-refractivity contribution in [3.8, 4) is 0 Å². The number of carbonyl (C=O) groups is 2. The Bertz CT molecular complexity index is 1910. The normalized spacial score (nSPS) is 23.3. The van der Waals surface area contributed by atoms with E-state index >= 15 is 0 Å². The first kappa shape index (κ1) is 34.0. The lowest BCUT2D eigenvalue weighted by molar-refractivity contribution is -0.137. The molecule has 6 rings (SSSR count). The number of carbonyl (C=O) groups excluding carboxylic acids is 2. The minimum Gasteiger partial charge on any atom is -0.444 e. The van der Waals surface area contributed by atoms with Gasteiger partial charge in [-0.15, -0.1) is 0 Å². The summed E-state index contributed by atoms with van der Waals surface area (Å²) < 4.78 is 49.3. The number of H-pyrrole nitrogens is 1. The van der Waals surface area contributed by atoms with Gasteiger partial charge in [0.05, 0.1) is 39.6 Å². The lowest BCUT2D eigenvalue weighted by Crippen LogP contribution is -2.49. The molecule has 9 nitrogen and oxygen atoms in total. The second kappa shape index (κ2) is 13.9. The first-order chi connectivity index (χ1) is 23.5. The number of anilines is 2. The predicted molar refractivity (Wildman–Crippen MR) is 184 cm³/mol. The van der Waals surface area contributed by atoms with Crippen LogP contribution in [0.3, 0.4) is 0 Å². The number of aliphatic imine (C=N–C) groups is 1. The van der Waals surface area contributed by atoms with E-state index in [1.165, 1.54) is 17.0 Å². The van der Waals surface area contributed by atoms with Gasteiger partial charge < -0.3 is 14.5 Å². The molecular weight excluding hydrogens is 633 g/mol. The van der Waals surface area contributed by atoms with Crippen LogP contribution in [-0.4, -0.2) is 66.1 Å². The molecule has 1 saturated heterocycles. The number of benzene rings is 1. The minimum absolute atomic E-state index is 0.0184. The molecule has 258 valence electrons. The molecule has 49 heavy (non-hydrogen) atoms. The average Bonchev–Trinajstić information content (AvgIpc) is 3.48.